The van der Waals surface area contributed by atoms with Crippen molar-refractivity contribution in [2.45, 2.75) is 19.4 Å². The number of anilines is 2. The number of carbonyl (C=O) groups is 2. The molecule has 136 valence electrons. The van der Waals surface area contributed by atoms with Crippen LogP contribution >= 0.6 is 11.6 Å². The second kappa shape index (κ2) is 7.25. The van der Waals surface area contributed by atoms with E-state index in [9.17, 15) is 9.59 Å². The van der Waals surface area contributed by atoms with Crippen LogP contribution < -0.4 is 19.7 Å². The number of carbonyl (C=O) groups excluding carboxylic acids is 2. The number of benzene rings is 2. The minimum atomic E-state index is -0.629. The predicted octanol–water partition coefficient (Wildman–Crippen LogP) is 3.27. The Morgan fingerprint density at radius 2 is 1.85 bits per heavy atom. The molecule has 0 aromatic heterocycles. The van der Waals surface area contributed by atoms with Gasteiger partial charge in [-0.15, -0.1) is 0 Å². The molecule has 0 saturated carbocycles. The Hall–Kier alpha value is -2.73. The molecule has 1 atom stereocenters. The number of fused-ring (bicyclic) bond motifs is 1. The Morgan fingerprint density at radius 1 is 1.15 bits per heavy atom. The normalized spacial score (nSPS) is 15.4. The van der Waals surface area contributed by atoms with E-state index < -0.39 is 6.04 Å². The van der Waals surface area contributed by atoms with Gasteiger partial charge in [0.25, 0.3) is 0 Å². The quantitative estimate of drug-likeness (QED) is 0.891. The molecule has 7 heteroatoms. The summed E-state index contributed by atoms with van der Waals surface area (Å²) in [6, 6.07) is 10.0. The Kier molecular flexibility index (Phi) is 5.04. The molecule has 1 aliphatic rings. The minimum Gasteiger partial charge on any atom is -0.495 e. The van der Waals surface area contributed by atoms with Crippen molar-refractivity contribution < 1.29 is 19.1 Å². The average molecular weight is 375 g/mol. The molecule has 1 heterocycles. The Bertz CT molecular complexity index is 869. The van der Waals surface area contributed by atoms with Gasteiger partial charge in [-0.1, -0.05) is 29.8 Å². The van der Waals surface area contributed by atoms with Gasteiger partial charge in [0.1, 0.15) is 17.5 Å². The van der Waals surface area contributed by atoms with Gasteiger partial charge < -0.3 is 14.8 Å². The first kappa shape index (κ1) is 18.1. The zero-order chi connectivity index (χ0) is 18.8. The number of rotatable bonds is 4. The van der Waals surface area contributed by atoms with Gasteiger partial charge in [-0.3, -0.25) is 14.5 Å². The van der Waals surface area contributed by atoms with E-state index in [1.165, 1.54) is 26.0 Å². The van der Waals surface area contributed by atoms with Crippen molar-refractivity contribution in [1.82, 2.24) is 0 Å². The minimum absolute atomic E-state index is 0.185. The molecule has 0 radical (unpaired) electrons. The number of methoxy groups -OCH3 is 2. The van der Waals surface area contributed by atoms with Crippen molar-refractivity contribution in [3.05, 3.63) is 47.0 Å². The molecule has 0 spiro atoms. The maximum absolute atomic E-state index is 12.9. The largest absolute Gasteiger partial charge is 0.495 e. The van der Waals surface area contributed by atoms with Gasteiger partial charge in [0.15, 0.2) is 0 Å². The Labute approximate surface area is 156 Å². The van der Waals surface area contributed by atoms with Gasteiger partial charge in [-0.05, 0) is 17.7 Å². The Balaban J connectivity index is 1.89. The summed E-state index contributed by atoms with van der Waals surface area (Å²) < 4.78 is 10.5. The highest BCUT2D eigenvalue weighted by molar-refractivity contribution is 6.32. The van der Waals surface area contributed by atoms with Crippen LogP contribution in [0.15, 0.2) is 36.4 Å². The van der Waals surface area contributed by atoms with Crippen molar-refractivity contribution in [3.8, 4) is 11.5 Å². The van der Waals surface area contributed by atoms with Gasteiger partial charge in [-0.2, -0.15) is 0 Å². The highest BCUT2D eigenvalue weighted by atomic mass is 35.5. The van der Waals surface area contributed by atoms with Gasteiger partial charge >= 0.3 is 0 Å². The van der Waals surface area contributed by atoms with Crippen LogP contribution in [-0.2, 0) is 16.0 Å². The third-order valence-corrected chi connectivity index (χ3v) is 4.65. The number of nitrogens with one attached hydrogen (secondary N) is 1. The van der Waals surface area contributed by atoms with Crippen LogP contribution in [0.2, 0.25) is 5.02 Å². The van der Waals surface area contributed by atoms with Crippen molar-refractivity contribution in [3.63, 3.8) is 0 Å². The maximum atomic E-state index is 12.9. The van der Waals surface area contributed by atoms with Crippen molar-refractivity contribution in [2.75, 3.05) is 24.4 Å². The lowest BCUT2D eigenvalue weighted by molar-refractivity contribution is -0.122. The van der Waals surface area contributed by atoms with Crippen LogP contribution in [0.1, 0.15) is 12.5 Å². The lowest BCUT2D eigenvalue weighted by atomic mass is 10.1. The SMILES string of the molecule is COc1cc(OC)c(NC(=O)C2Cc3ccccc3N2C(C)=O)cc1Cl. The molecule has 2 aromatic carbocycles. The molecule has 0 saturated heterocycles. The molecule has 1 N–H and O–H groups in total. The number of halogens is 1. The molecule has 0 bridgehead atoms. The fourth-order valence-corrected chi connectivity index (χ4v) is 3.40. The summed E-state index contributed by atoms with van der Waals surface area (Å²) in [7, 11) is 2.99. The summed E-state index contributed by atoms with van der Waals surface area (Å²) in [4.78, 5) is 26.5. The first-order valence-corrected chi connectivity index (χ1v) is 8.44. The van der Waals surface area contributed by atoms with Crippen LogP contribution in [0.25, 0.3) is 0 Å². The third-order valence-electron chi connectivity index (χ3n) is 4.35. The second-order valence-corrected chi connectivity index (χ2v) is 6.32. The number of amides is 2. The molecule has 26 heavy (non-hydrogen) atoms. The topological polar surface area (TPSA) is 67.9 Å². The molecular formula is C19H19ClN2O4. The van der Waals surface area contributed by atoms with E-state index in [1.807, 2.05) is 24.3 Å². The molecule has 1 aliphatic heterocycles. The Morgan fingerprint density at radius 3 is 2.50 bits per heavy atom. The zero-order valence-corrected chi connectivity index (χ0v) is 15.5. The fraction of sp³-hybridized carbons (Fsp3) is 0.263. The highest BCUT2D eigenvalue weighted by Gasteiger charge is 2.37. The van der Waals surface area contributed by atoms with Crippen molar-refractivity contribution >= 4 is 34.8 Å². The summed E-state index contributed by atoms with van der Waals surface area (Å²) in [6.07, 6.45) is 0.452. The van der Waals surface area contributed by atoms with Gasteiger partial charge in [-0.25, -0.2) is 0 Å². The van der Waals surface area contributed by atoms with E-state index in [0.29, 0.717) is 28.6 Å². The van der Waals surface area contributed by atoms with E-state index in [2.05, 4.69) is 5.32 Å². The second-order valence-electron chi connectivity index (χ2n) is 5.91. The van der Waals surface area contributed by atoms with Crippen LogP contribution in [0.3, 0.4) is 0 Å². The van der Waals surface area contributed by atoms with Gasteiger partial charge in [0.2, 0.25) is 11.8 Å². The molecule has 2 amide bonds. The molecular weight excluding hydrogens is 356 g/mol. The average Bonchev–Trinajstić information content (AvgIpc) is 3.02. The number of hydrogen-bond acceptors (Lipinski definition) is 4. The summed E-state index contributed by atoms with van der Waals surface area (Å²) in [5.41, 5.74) is 2.14. The summed E-state index contributed by atoms with van der Waals surface area (Å²) in [6.45, 7) is 1.45. The van der Waals surface area contributed by atoms with E-state index >= 15 is 0 Å². The number of nitrogens with zero attached hydrogens (tertiary/aromatic N) is 1. The molecule has 0 aliphatic carbocycles. The van der Waals surface area contributed by atoms with E-state index in [4.69, 9.17) is 21.1 Å². The predicted molar refractivity (Wildman–Crippen MR) is 100 cm³/mol. The first-order valence-electron chi connectivity index (χ1n) is 8.06. The van der Waals surface area contributed by atoms with Gasteiger partial charge in [0, 0.05) is 25.1 Å². The van der Waals surface area contributed by atoms with E-state index in [0.717, 1.165) is 11.3 Å². The molecule has 3 rings (SSSR count). The highest BCUT2D eigenvalue weighted by Crippen LogP contribution is 2.37. The first-order chi connectivity index (χ1) is 12.5. The molecule has 2 aromatic rings. The van der Waals surface area contributed by atoms with Crippen LogP contribution in [0.5, 0.6) is 11.5 Å². The maximum Gasteiger partial charge on any atom is 0.248 e. The summed E-state index contributed by atoms with van der Waals surface area (Å²) in [5, 5.41) is 3.17. The standard InChI is InChI=1S/C19H19ClN2O4/c1-11(23)22-15-7-5-4-6-12(15)8-16(22)19(24)21-14-9-13(20)17(25-2)10-18(14)26-3/h4-7,9-10,16H,8H2,1-3H3,(H,21,24). The summed E-state index contributed by atoms with van der Waals surface area (Å²) in [5.74, 6) is 0.371. The van der Waals surface area contributed by atoms with Crippen LogP contribution in [-0.4, -0.2) is 32.1 Å². The molecule has 0 fully saturated rings. The zero-order valence-electron chi connectivity index (χ0n) is 14.7. The molecule has 1 unspecified atom stereocenters. The smallest absolute Gasteiger partial charge is 0.248 e. The van der Waals surface area contributed by atoms with E-state index in [-0.39, 0.29) is 11.8 Å². The number of hydrogen-bond donors (Lipinski definition) is 1. The number of para-hydroxylation sites is 1. The van der Waals surface area contributed by atoms with Crippen molar-refractivity contribution in [1.29, 1.82) is 0 Å². The lowest BCUT2D eigenvalue weighted by Gasteiger charge is -2.24. The number of ether oxygens (including phenoxy) is 2. The van der Waals surface area contributed by atoms with E-state index in [1.54, 1.807) is 12.1 Å². The fourth-order valence-electron chi connectivity index (χ4n) is 3.16. The lowest BCUT2D eigenvalue weighted by Crippen LogP contribution is -2.44. The van der Waals surface area contributed by atoms with Crippen molar-refractivity contribution in [2.24, 2.45) is 0 Å². The third kappa shape index (κ3) is 3.20. The van der Waals surface area contributed by atoms with Crippen LogP contribution in [0.4, 0.5) is 11.4 Å². The monoisotopic (exact) mass is 374 g/mol. The summed E-state index contributed by atoms with van der Waals surface area (Å²) >= 11 is 6.16. The molecule has 6 nitrogen and oxygen atoms in total. The van der Waals surface area contributed by atoms with Crippen LogP contribution in [0, 0.1) is 0 Å². The van der Waals surface area contributed by atoms with Gasteiger partial charge in [0.05, 0.1) is 24.9 Å².